The van der Waals surface area contributed by atoms with E-state index in [-0.39, 0.29) is 10.6 Å². The van der Waals surface area contributed by atoms with Crippen LogP contribution in [0.25, 0.3) is 0 Å². The molecule has 0 aromatic heterocycles. The minimum Gasteiger partial charge on any atom is -0.478 e. The Hall–Kier alpha value is -0.590. The zero-order valence-corrected chi connectivity index (χ0v) is 16.1. The lowest BCUT2D eigenvalue weighted by molar-refractivity contribution is 0.0697. The number of rotatable bonds is 2. The summed E-state index contributed by atoms with van der Waals surface area (Å²) < 4.78 is 1.49. The van der Waals surface area contributed by atoms with Crippen molar-refractivity contribution in [1.82, 2.24) is 0 Å². The summed E-state index contributed by atoms with van der Waals surface area (Å²) in [6, 6.07) is 9.62. The third-order valence-electron chi connectivity index (χ3n) is 2.30. The van der Waals surface area contributed by atoms with E-state index in [0.717, 1.165) is 4.47 Å². The third-order valence-corrected chi connectivity index (χ3v) is 4.15. The molecule has 0 saturated heterocycles. The first-order valence-corrected chi connectivity index (χ1v) is 8.27. The molecule has 3 nitrogen and oxygen atoms in total. The van der Waals surface area contributed by atoms with E-state index < -0.39 is 11.2 Å². The number of hydrogen-bond donors (Lipinski definition) is 1. The normalized spacial score (nSPS) is 9.68. The molecule has 0 radical (unpaired) electrons. The van der Waals surface area contributed by atoms with Gasteiger partial charge in [0.1, 0.15) is 0 Å². The second-order valence-corrected chi connectivity index (χ2v) is 6.82. The summed E-state index contributed by atoms with van der Waals surface area (Å²) in [5.74, 6) is -1.02. The van der Waals surface area contributed by atoms with E-state index >= 15 is 0 Å². The van der Waals surface area contributed by atoms with Gasteiger partial charge in [-0.15, -0.1) is 0 Å². The molecular formula is C14H7Br2Cl3O3. The smallest absolute Gasteiger partial charge is 0.337 e. The predicted molar refractivity (Wildman–Crippen MR) is 95.4 cm³/mol. The zero-order chi connectivity index (χ0) is 16.9. The van der Waals surface area contributed by atoms with E-state index in [9.17, 15) is 9.59 Å². The molecule has 0 heterocycles. The average molecular weight is 489 g/mol. The van der Waals surface area contributed by atoms with Gasteiger partial charge in [-0.25, -0.2) is 4.79 Å². The Bertz CT molecular complexity index is 659. The van der Waals surface area contributed by atoms with Gasteiger partial charge in [0.2, 0.25) is 0 Å². The van der Waals surface area contributed by atoms with Crippen LogP contribution in [0.15, 0.2) is 45.3 Å². The molecule has 0 atom stereocenters. The van der Waals surface area contributed by atoms with Crippen molar-refractivity contribution in [3.8, 4) is 0 Å². The van der Waals surface area contributed by atoms with Crippen molar-refractivity contribution >= 4 is 77.9 Å². The summed E-state index contributed by atoms with van der Waals surface area (Å²) in [7, 11) is 0. The zero-order valence-electron chi connectivity index (χ0n) is 10.6. The van der Waals surface area contributed by atoms with Crippen molar-refractivity contribution in [2.45, 2.75) is 0 Å². The molecule has 1 N–H and O–H groups in total. The van der Waals surface area contributed by atoms with Crippen molar-refractivity contribution in [3.63, 3.8) is 0 Å². The van der Waals surface area contributed by atoms with E-state index in [1.165, 1.54) is 12.1 Å². The van der Waals surface area contributed by atoms with Gasteiger partial charge in [0.25, 0.3) is 5.24 Å². The molecule has 0 unspecified atom stereocenters. The van der Waals surface area contributed by atoms with Crippen LogP contribution in [0.5, 0.6) is 0 Å². The molecule has 0 fully saturated rings. The summed E-state index contributed by atoms with van der Waals surface area (Å²) in [6.07, 6.45) is 0. The number of carboxylic acids is 1. The number of halogens is 5. The van der Waals surface area contributed by atoms with Gasteiger partial charge in [0.05, 0.1) is 21.2 Å². The minimum absolute atomic E-state index is 0.112. The maximum atomic E-state index is 10.7. The molecule has 2 rings (SSSR count). The molecule has 0 aliphatic carbocycles. The van der Waals surface area contributed by atoms with Crippen LogP contribution < -0.4 is 0 Å². The molecule has 8 heteroatoms. The van der Waals surface area contributed by atoms with Gasteiger partial charge in [-0.05, 0) is 48.0 Å². The summed E-state index contributed by atoms with van der Waals surface area (Å²) in [5.41, 5.74) is 0.434. The van der Waals surface area contributed by atoms with Gasteiger partial charge < -0.3 is 5.11 Å². The van der Waals surface area contributed by atoms with Crippen LogP contribution in [-0.4, -0.2) is 16.3 Å². The molecule has 0 aliphatic heterocycles. The fourth-order valence-electron chi connectivity index (χ4n) is 1.31. The highest BCUT2D eigenvalue weighted by Gasteiger charge is 2.08. The summed E-state index contributed by atoms with van der Waals surface area (Å²) in [5, 5.41) is 8.66. The maximum Gasteiger partial charge on any atom is 0.337 e. The molecule has 2 aromatic rings. The van der Waals surface area contributed by atoms with Crippen molar-refractivity contribution in [2.75, 3.05) is 0 Å². The molecule has 0 spiro atoms. The predicted octanol–water partition coefficient (Wildman–Crippen LogP) is 6.28. The van der Waals surface area contributed by atoms with E-state index in [1.54, 1.807) is 24.3 Å². The highest BCUT2D eigenvalue weighted by Crippen LogP contribution is 2.22. The van der Waals surface area contributed by atoms with Crippen LogP contribution in [0, 0.1) is 0 Å². The number of carbonyl (C=O) groups is 2. The van der Waals surface area contributed by atoms with Crippen LogP contribution in [0.3, 0.4) is 0 Å². The maximum absolute atomic E-state index is 10.7. The standard InChI is InChI=1S/C7H3BrCl2O.C7H4BrClO2/c2*8-4-1-2-6(9)5(3-4)7(10)11/h1-3H;1-3H,(H,10,11). The van der Waals surface area contributed by atoms with Crippen molar-refractivity contribution in [3.05, 3.63) is 66.5 Å². The van der Waals surface area contributed by atoms with Gasteiger partial charge in [-0.2, -0.15) is 0 Å². The van der Waals surface area contributed by atoms with E-state index in [0.29, 0.717) is 15.1 Å². The molecule has 0 saturated carbocycles. The van der Waals surface area contributed by atoms with Crippen molar-refractivity contribution < 1.29 is 14.7 Å². The number of hydrogen-bond acceptors (Lipinski definition) is 2. The first-order valence-electron chi connectivity index (χ1n) is 5.55. The Balaban J connectivity index is 0.000000220. The van der Waals surface area contributed by atoms with Crippen LogP contribution in [-0.2, 0) is 0 Å². The number of carbonyl (C=O) groups excluding carboxylic acids is 1. The van der Waals surface area contributed by atoms with E-state index in [4.69, 9.17) is 39.9 Å². The average Bonchev–Trinajstić information content (AvgIpc) is 2.44. The monoisotopic (exact) mass is 486 g/mol. The largest absolute Gasteiger partial charge is 0.478 e. The Morgan fingerprint density at radius 1 is 0.864 bits per heavy atom. The highest BCUT2D eigenvalue weighted by atomic mass is 79.9. The number of carboxylic acid groups (broad SMARTS) is 1. The summed E-state index contributed by atoms with van der Waals surface area (Å²) >= 11 is 22.8. The van der Waals surface area contributed by atoms with E-state index in [1.807, 2.05) is 0 Å². The second-order valence-electron chi connectivity index (χ2n) is 3.83. The van der Waals surface area contributed by atoms with Crippen molar-refractivity contribution in [1.29, 1.82) is 0 Å². The van der Waals surface area contributed by atoms with Crippen molar-refractivity contribution in [2.24, 2.45) is 0 Å². The van der Waals surface area contributed by atoms with Gasteiger partial charge in [-0.1, -0.05) is 55.1 Å². The fraction of sp³-hybridized carbons (Fsp3) is 0. The summed E-state index contributed by atoms with van der Waals surface area (Å²) in [4.78, 5) is 21.1. The van der Waals surface area contributed by atoms with Gasteiger partial charge in [-0.3, -0.25) is 4.79 Å². The first kappa shape index (κ1) is 19.5. The first-order chi connectivity index (χ1) is 10.2. The Morgan fingerprint density at radius 2 is 1.27 bits per heavy atom. The molecule has 22 heavy (non-hydrogen) atoms. The molecule has 116 valence electrons. The van der Waals surface area contributed by atoms with Crippen LogP contribution in [0.4, 0.5) is 0 Å². The second kappa shape index (κ2) is 8.89. The number of aromatic carboxylic acids is 1. The Kier molecular flexibility index (Phi) is 7.86. The quantitative estimate of drug-likeness (QED) is 0.505. The lowest BCUT2D eigenvalue weighted by atomic mass is 10.2. The highest BCUT2D eigenvalue weighted by molar-refractivity contribution is 9.10. The van der Waals surface area contributed by atoms with Gasteiger partial charge in [0, 0.05) is 8.95 Å². The Labute approximate surface area is 158 Å². The Morgan fingerprint density at radius 3 is 1.59 bits per heavy atom. The number of benzene rings is 2. The molecule has 2 aromatic carbocycles. The van der Waals surface area contributed by atoms with Crippen LogP contribution in [0.1, 0.15) is 20.7 Å². The van der Waals surface area contributed by atoms with Gasteiger partial charge in [0.15, 0.2) is 0 Å². The third kappa shape index (κ3) is 5.89. The topological polar surface area (TPSA) is 54.4 Å². The van der Waals surface area contributed by atoms with Crippen LogP contribution in [0.2, 0.25) is 10.0 Å². The molecule has 0 amide bonds. The summed E-state index contributed by atoms with van der Waals surface area (Å²) in [6.45, 7) is 0. The lowest BCUT2D eigenvalue weighted by Gasteiger charge is -1.97. The van der Waals surface area contributed by atoms with E-state index in [2.05, 4.69) is 31.9 Å². The van der Waals surface area contributed by atoms with Crippen LogP contribution >= 0.6 is 66.7 Å². The minimum atomic E-state index is -1.02. The molecule has 0 bridgehead atoms. The SMILES string of the molecule is O=C(Cl)c1cc(Br)ccc1Cl.O=C(O)c1cc(Br)ccc1Cl. The molecule has 0 aliphatic rings. The van der Waals surface area contributed by atoms with Gasteiger partial charge >= 0.3 is 5.97 Å². The fourth-order valence-corrected chi connectivity index (χ4v) is 2.64. The lowest BCUT2D eigenvalue weighted by Crippen LogP contribution is -1.96. The molecular weight excluding hydrogens is 482 g/mol.